The summed E-state index contributed by atoms with van der Waals surface area (Å²) < 4.78 is 3.32. The summed E-state index contributed by atoms with van der Waals surface area (Å²) in [4.78, 5) is 31.1. The first-order chi connectivity index (χ1) is 10.5. The van der Waals surface area contributed by atoms with E-state index in [1.807, 2.05) is 20.8 Å². The van der Waals surface area contributed by atoms with Gasteiger partial charge in [0.25, 0.3) is 5.56 Å². The van der Waals surface area contributed by atoms with E-state index in [2.05, 4.69) is 15.3 Å². The third-order valence-electron chi connectivity index (χ3n) is 3.41. The van der Waals surface area contributed by atoms with E-state index in [-0.39, 0.29) is 5.92 Å². The fourth-order valence-corrected chi connectivity index (χ4v) is 2.45. The largest absolute Gasteiger partial charge is 0.356 e. The molecule has 0 aliphatic carbocycles. The van der Waals surface area contributed by atoms with Crippen LogP contribution >= 0.6 is 0 Å². The molecule has 2 aromatic rings. The lowest BCUT2D eigenvalue weighted by atomic mass is 10.2. The Hall–Kier alpha value is -2.09. The molecule has 0 aliphatic rings. The predicted molar refractivity (Wildman–Crippen MR) is 87.3 cm³/mol. The molecule has 0 unspecified atom stereocenters. The lowest BCUT2D eigenvalue weighted by Gasteiger charge is -2.09. The van der Waals surface area contributed by atoms with Crippen LogP contribution in [0.15, 0.2) is 9.59 Å². The minimum Gasteiger partial charge on any atom is -0.356 e. The highest BCUT2D eigenvalue weighted by molar-refractivity contribution is 5.74. The summed E-state index contributed by atoms with van der Waals surface area (Å²) in [5, 5.41) is 3.19. The lowest BCUT2D eigenvalue weighted by Crippen LogP contribution is -2.32. The van der Waals surface area contributed by atoms with Crippen LogP contribution in [-0.4, -0.2) is 32.2 Å². The van der Waals surface area contributed by atoms with E-state index in [0.717, 1.165) is 6.42 Å². The number of rotatable bonds is 7. The van der Waals surface area contributed by atoms with E-state index in [4.69, 9.17) is 5.73 Å². The van der Waals surface area contributed by atoms with Gasteiger partial charge in [-0.05, 0) is 25.8 Å². The average molecular weight is 308 g/mol. The van der Waals surface area contributed by atoms with Crippen molar-refractivity contribution in [2.75, 3.05) is 18.4 Å². The molecule has 0 spiro atoms. The number of imidazole rings is 1. The topological polar surface area (TPSA) is 111 Å². The van der Waals surface area contributed by atoms with E-state index < -0.39 is 11.2 Å². The average Bonchev–Trinajstić information content (AvgIpc) is 2.82. The summed E-state index contributed by atoms with van der Waals surface area (Å²) in [6.45, 7) is 8.32. The number of hydrogen-bond donors (Lipinski definition) is 3. The maximum absolute atomic E-state index is 12.2. The standard InChI is InChI=1S/C14H24N6O2/c1-4-19-10-11(17-13(19)16-7-5-6-15)20(8-9(2)3)14(22)18-12(10)21/h9H,4-8,15H2,1-3H3,(H,16,17)(H,18,21,22). The zero-order valence-electron chi connectivity index (χ0n) is 13.3. The summed E-state index contributed by atoms with van der Waals surface area (Å²) in [7, 11) is 0. The van der Waals surface area contributed by atoms with Gasteiger partial charge in [0, 0.05) is 19.6 Å². The highest BCUT2D eigenvalue weighted by Crippen LogP contribution is 2.16. The molecule has 8 nitrogen and oxygen atoms in total. The number of nitrogens with one attached hydrogen (secondary N) is 2. The maximum atomic E-state index is 12.2. The third kappa shape index (κ3) is 3.06. The van der Waals surface area contributed by atoms with Crippen molar-refractivity contribution in [2.24, 2.45) is 11.7 Å². The number of aryl methyl sites for hydroxylation is 1. The van der Waals surface area contributed by atoms with Gasteiger partial charge in [-0.1, -0.05) is 13.8 Å². The van der Waals surface area contributed by atoms with Crippen LogP contribution in [0.3, 0.4) is 0 Å². The molecule has 0 aromatic carbocycles. The SMILES string of the molecule is CCn1c(NCCCN)nc2c1c(=O)[nH]c(=O)n2CC(C)C. The minimum absolute atomic E-state index is 0.271. The Morgan fingerprint density at radius 2 is 2.05 bits per heavy atom. The Morgan fingerprint density at radius 1 is 1.32 bits per heavy atom. The molecule has 0 saturated heterocycles. The van der Waals surface area contributed by atoms with Crippen molar-refractivity contribution in [1.29, 1.82) is 0 Å². The van der Waals surface area contributed by atoms with Crippen molar-refractivity contribution in [3.63, 3.8) is 0 Å². The van der Waals surface area contributed by atoms with E-state index >= 15 is 0 Å². The van der Waals surface area contributed by atoms with E-state index in [1.54, 1.807) is 4.57 Å². The number of aromatic nitrogens is 4. The van der Waals surface area contributed by atoms with Crippen molar-refractivity contribution in [1.82, 2.24) is 19.1 Å². The third-order valence-corrected chi connectivity index (χ3v) is 3.41. The van der Waals surface area contributed by atoms with E-state index in [0.29, 0.717) is 43.3 Å². The zero-order chi connectivity index (χ0) is 16.3. The number of hydrogen-bond acceptors (Lipinski definition) is 5. The van der Waals surface area contributed by atoms with Crippen molar-refractivity contribution < 1.29 is 0 Å². The van der Waals surface area contributed by atoms with Crippen molar-refractivity contribution >= 4 is 17.1 Å². The Labute approximate surface area is 128 Å². The summed E-state index contributed by atoms with van der Waals surface area (Å²) in [6.07, 6.45) is 0.808. The molecule has 2 aromatic heterocycles. The first-order valence-corrected chi connectivity index (χ1v) is 7.66. The molecule has 0 amide bonds. The van der Waals surface area contributed by atoms with Gasteiger partial charge in [0.1, 0.15) is 0 Å². The maximum Gasteiger partial charge on any atom is 0.330 e. The molecule has 0 aliphatic heterocycles. The molecular formula is C14H24N6O2. The second kappa shape index (κ2) is 6.78. The number of fused-ring (bicyclic) bond motifs is 1. The van der Waals surface area contributed by atoms with Crippen LogP contribution in [0.25, 0.3) is 11.2 Å². The smallest absolute Gasteiger partial charge is 0.330 e. The fourth-order valence-electron chi connectivity index (χ4n) is 2.45. The first kappa shape index (κ1) is 16.3. The molecule has 2 heterocycles. The van der Waals surface area contributed by atoms with Gasteiger partial charge < -0.3 is 15.6 Å². The van der Waals surface area contributed by atoms with Crippen LogP contribution in [0.5, 0.6) is 0 Å². The predicted octanol–water partition coefficient (Wildman–Crippen LogP) is 0.323. The van der Waals surface area contributed by atoms with Crippen LogP contribution < -0.4 is 22.3 Å². The van der Waals surface area contributed by atoms with Crippen molar-refractivity contribution in [3.8, 4) is 0 Å². The van der Waals surface area contributed by atoms with Gasteiger partial charge in [0.05, 0.1) is 0 Å². The minimum atomic E-state index is -0.416. The molecule has 0 atom stereocenters. The van der Waals surface area contributed by atoms with Gasteiger partial charge in [-0.25, -0.2) is 4.79 Å². The van der Waals surface area contributed by atoms with Crippen LogP contribution in [-0.2, 0) is 13.1 Å². The van der Waals surface area contributed by atoms with Gasteiger partial charge in [0.15, 0.2) is 11.2 Å². The summed E-state index contributed by atoms with van der Waals surface area (Å²) in [5.41, 5.74) is 5.53. The van der Waals surface area contributed by atoms with Crippen LogP contribution in [0.4, 0.5) is 5.95 Å². The molecule has 0 bridgehead atoms. The Bertz CT molecular complexity index is 755. The number of anilines is 1. The summed E-state index contributed by atoms with van der Waals surface area (Å²) in [5.74, 6) is 0.867. The molecule has 22 heavy (non-hydrogen) atoms. The van der Waals surface area contributed by atoms with Gasteiger partial charge in [-0.3, -0.25) is 14.3 Å². The van der Waals surface area contributed by atoms with Gasteiger partial charge in [-0.2, -0.15) is 4.98 Å². The highest BCUT2D eigenvalue weighted by Gasteiger charge is 2.17. The Balaban J connectivity index is 2.62. The molecule has 0 radical (unpaired) electrons. The Kier molecular flexibility index (Phi) is 5.02. The molecule has 122 valence electrons. The van der Waals surface area contributed by atoms with Gasteiger partial charge >= 0.3 is 5.69 Å². The highest BCUT2D eigenvalue weighted by atomic mass is 16.2. The molecule has 0 fully saturated rings. The Morgan fingerprint density at radius 3 is 2.64 bits per heavy atom. The lowest BCUT2D eigenvalue weighted by molar-refractivity contribution is 0.513. The van der Waals surface area contributed by atoms with E-state index in [1.165, 1.54) is 4.57 Å². The quantitative estimate of drug-likeness (QED) is 0.638. The first-order valence-electron chi connectivity index (χ1n) is 7.66. The normalized spacial score (nSPS) is 11.5. The summed E-state index contributed by atoms with van der Waals surface area (Å²) in [6, 6.07) is 0. The zero-order valence-corrected chi connectivity index (χ0v) is 13.3. The molecule has 2 rings (SSSR count). The van der Waals surface area contributed by atoms with E-state index in [9.17, 15) is 9.59 Å². The van der Waals surface area contributed by atoms with Crippen LogP contribution in [0.2, 0.25) is 0 Å². The molecule has 0 saturated carbocycles. The molecular weight excluding hydrogens is 284 g/mol. The number of nitrogens with zero attached hydrogens (tertiary/aromatic N) is 3. The fraction of sp³-hybridized carbons (Fsp3) is 0.643. The summed E-state index contributed by atoms with van der Waals surface area (Å²) >= 11 is 0. The monoisotopic (exact) mass is 308 g/mol. The number of aromatic amines is 1. The van der Waals surface area contributed by atoms with Gasteiger partial charge in [0.2, 0.25) is 5.95 Å². The second-order valence-electron chi connectivity index (χ2n) is 5.68. The van der Waals surface area contributed by atoms with Gasteiger partial charge in [-0.15, -0.1) is 0 Å². The number of H-pyrrole nitrogens is 1. The number of nitrogens with two attached hydrogens (primary N) is 1. The van der Waals surface area contributed by atoms with Crippen LogP contribution in [0, 0.1) is 5.92 Å². The second-order valence-corrected chi connectivity index (χ2v) is 5.68. The van der Waals surface area contributed by atoms with Crippen molar-refractivity contribution in [2.45, 2.75) is 40.3 Å². The molecule has 8 heteroatoms. The molecule has 4 N–H and O–H groups in total. The van der Waals surface area contributed by atoms with Crippen molar-refractivity contribution in [3.05, 3.63) is 20.8 Å². The van der Waals surface area contributed by atoms with Crippen LogP contribution in [0.1, 0.15) is 27.2 Å².